The van der Waals surface area contributed by atoms with Gasteiger partial charge >= 0.3 is 0 Å². The van der Waals surface area contributed by atoms with Gasteiger partial charge in [-0.3, -0.25) is 14.1 Å². The van der Waals surface area contributed by atoms with Crippen LogP contribution in [-0.2, 0) is 6.54 Å². The first-order valence-corrected chi connectivity index (χ1v) is 7.89. The minimum atomic E-state index is -0.0377. The number of rotatable bonds is 2. The van der Waals surface area contributed by atoms with Crippen molar-refractivity contribution in [2.75, 3.05) is 19.6 Å². The van der Waals surface area contributed by atoms with Gasteiger partial charge in [0.2, 0.25) is 0 Å². The van der Waals surface area contributed by atoms with Crippen molar-refractivity contribution in [1.82, 2.24) is 19.6 Å². The number of hydrogen-bond acceptors (Lipinski definition) is 4. The summed E-state index contributed by atoms with van der Waals surface area (Å²) in [7, 11) is 0. The first kappa shape index (κ1) is 14.7. The van der Waals surface area contributed by atoms with Gasteiger partial charge in [0, 0.05) is 48.5 Å². The molecule has 0 saturated carbocycles. The number of fused-ring (bicyclic) bond motifs is 1. The van der Waals surface area contributed by atoms with E-state index in [4.69, 9.17) is 0 Å². The first-order valence-electron chi connectivity index (χ1n) is 7.09. The smallest absolute Gasteiger partial charge is 0.258 e. The van der Waals surface area contributed by atoms with E-state index in [0.29, 0.717) is 12.2 Å². The maximum absolute atomic E-state index is 12.2. The Morgan fingerprint density at radius 1 is 1.43 bits per heavy atom. The second kappa shape index (κ2) is 5.51. The van der Waals surface area contributed by atoms with Crippen LogP contribution in [-0.4, -0.2) is 39.5 Å². The Labute approximate surface area is 132 Å². The first-order chi connectivity index (χ1) is 9.95. The van der Waals surface area contributed by atoms with Crippen molar-refractivity contribution >= 4 is 21.6 Å². The van der Waals surface area contributed by atoms with Crippen LogP contribution in [0, 0.1) is 0 Å². The fraction of sp³-hybridized carbons (Fsp3) is 0.467. The zero-order chi connectivity index (χ0) is 15.0. The highest BCUT2D eigenvalue weighted by Gasteiger charge is 2.29. The van der Waals surface area contributed by atoms with E-state index in [0.717, 1.165) is 29.8 Å². The molecule has 3 rings (SSSR count). The number of nitrogens with one attached hydrogen (secondary N) is 1. The molecular formula is C15H19BrN4O. The van der Waals surface area contributed by atoms with E-state index in [9.17, 15) is 4.79 Å². The number of hydrogen-bond donors (Lipinski definition) is 1. The molecule has 1 aliphatic heterocycles. The summed E-state index contributed by atoms with van der Waals surface area (Å²) in [5.74, 6) is 0. The topological polar surface area (TPSA) is 49.6 Å². The van der Waals surface area contributed by atoms with Crippen LogP contribution >= 0.6 is 15.9 Å². The highest BCUT2D eigenvalue weighted by molar-refractivity contribution is 9.10. The van der Waals surface area contributed by atoms with E-state index in [1.54, 1.807) is 16.7 Å². The lowest BCUT2D eigenvalue weighted by Gasteiger charge is -2.42. The number of piperazine rings is 1. The van der Waals surface area contributed by atoms with Crippen molar-refractivity contribution in [3.05, 3.63) is 44.9 Å². The number of pyridine rings is 1. The molecule has 6 heteroatoms. The van der Waals surface area contributed by atoms with Crippen molar-refractivity contribution in [3.63, 3.8) is 0 Å². The molecular weight excluding hydrogens is 332 g/mol. The van der Waals surface area contributed by atoms with E-state index in [-0.39, 0.29) is 11.1 Å². The molecule has 2 aromatic heterocycles. The van der Waals surface area contributed by atoms with Crippen LogP contribution in [0.5, 0.6) is 0 Å². The van der Waals surface area contributed by atoms with Crippen LogP contribution in [0.25, 0.3) is 5.65 Å². The van der Waals surface area contributed by atoms with Crippen molar-refractivity contribution in [2.45, 2.75) is 25.9 Å². The summed E-state index contributed by atoms with van der Waals surface area (Å²) in [5.41, 5.74) is 1.56. The lowest BCUT2D eigenvalue weighted by molar-refractivity contribution is 0.0814. The van der Waals surface area contributed by atoms with Gasteiger partial charge in [0.1, 0.15) is 5.65 Å². The fourth-order valence-corrected chi connectivity index (χ4v) is 3.06. The molecule has 0 amide bonds. The van der Waals surface area contributed by atoms with Crippen LogP contribution in [0.1, 0.15) is 19.5 Å². The molecule has 21 heavy (non-hydrogen) atoms. The molecule has 1 fully saturated rings. The van der Waals surface area contributed by atoms with Crippen LogP contribution in [0.3, 0.4) is 0 Å². The van der Waals surface area contributed by atoms with Crippen molar-refractivity contribution in [2.24, 2.45) is 0 Å². The van der Waals surface area contributed by atoms with Crippen LogP contribution < -0.4 is 10.9 Å². The van der Waals surface area contributed by atoms with Gasteiger partial charge in [-0.05, 0) is 41.9 Å². The minimum absolute atomic E-state index is 0.0377. The standard InChI is InChI=1S/C15H19BrN4O/c1-15(2)10-17-5-6-19(15)9-12-7-14(21)20-8-11(16)3-4-13(20)18-12/h3-4,7-8,17H,5-6,9-10H2,1-2H3. The molecule has 5 nitrogen and oxygen atoms in total. The van der Waals surface area contributed by atoms with E-state index < -0.39 is 0 Å². The Kier molecular flexibility index (Phi) is 3.86. The third-order valence-corrected chi connectivity index (χ3v) is 4.47. The van der Waals surface area contributed by atoms with Gasteiger partial charge in [-0.15, -0.1) is 0 Å². The third kappa shape index (κ3) is 3.02. The summed E-state index contributed by atoms with van der Waals surface area (Å²) < 4.78 is 2.44. The van der Waals surface area contributed by atoms with Crippen LogP contribution in [0.4, 0.5) is 0 Å². The molecule has 1 N–H and O–H groups in total. The van der Waals surface area contributed by atoms with Gasteiger partial charge in [-0.1, -0.05) is 0 Å². The molecule has 1 saturated heterocycles. The average molecular weight is 351 g/mol. The van der Waals surface area contributed by atoms with E-state index in [2.05, 4.69) is 45.0 Å². The van der Waals surface area contributed by atoms with Crippen molar-refractivity contribution in [3.8, 4) is 0 Å². The quantitative estimate of drug-likeness (QED) is 0.894. The zero-order valence-corrected chi connectivity index (χ0v) is 13.9. The second-order valence-electron chi connectivity index (χ2n) is 6.07. The summed E-state index contributed by atoms with van der Waals surface area (Å²) in [6, 6.07) is 5.40. The van der Waals surface area contributed by atoms with Gasteiger partial charge in [0.25, 0.3) is 5.56 Å². The third-order valence-electron chi connectivity index (χ3n) is 4.00. The minimum Gasteiger partial charge on any atom is -0.314 e. The molecule has 0 atom stereocenters. The predicted octanol–water partition coefficient (Wildman–Crippen LogP) is 1.64. The summed E-state index contributed by atoms with van der Waals surface area (Å²) >= 11 is 3.38. The summed E-state index contributed by atoms with van der Waals surface area (Å²) in [6.45, 7) is 8.02. The summed E-state index contributed by atoms with van der Waals surface area (Å²) in [6.07, 6.45) is 1.75. The van der Waals surface area contributed by atoms with Gasteiger partial charge in [0.05, 0.1) is 5.69 Å². The lowest BCUT2D eigenvalue weighted by Crippen LogP contribution is -2.57. The average Bonchev–Trinajstić information content (AvgIpc) is 2.42. The molecule has 3 heterocycles. The molecule has 112 valence electrons. The molecule has 0 bridgehead atoms. The van der Waals surface area contributed by atoms with Crippen molar-refractivity contribution in [1.29, 1.82) is 0 Å². The highest BCUT2D eigenvalue weighted by atomic mass is 79.9. The number of aromatic nitrogens is 2. The molecule has 1 aliphatic rings. The SMILES string of the molecule is CC1(C)CNCCN1Cc1cc(=O)n2cc(Br)ccc2n1. The van der Waals surface area contributed by atoms with Crippen molar-refractivity contribution < 1.29 is 0 Å². The molecule has 0 spiro atoms. The fourth-order valence-electron chi connectivity index (χ4n) is 2.72. The van der Waals surface area contributed by atoms with Crippen LogP contribution in [0.2, 0.25) is 0 Å². The van der Waals surface area contributed by atoms with Crippen LogP contribution in [0.15, 0.2) is 33.7 Å². The number of halogens is 1. The molecule has 0 aliphatic carbocycles. The maximum atomic E-state index is 12.2. The zero-order valence-electron chi connectivity index (χ0n) is 12.3. The molecule has 0 unspecified atom stereocenters. The molecule has 2 aromatic rings. The Morgan fingerprint density at radius 3 is 3.00 bits per heavy atom. The van der Waals surface area contributed by atoms with Gasteiger partial charge in [-0.25, -0.2) is 4.98 Å². The Hall–Kier alpha value is -1.24. The van der Waals surface area contributed by atoms with E-state index in [1.807, 2.05) is 12.1 Å². The normalized spacial score (nSPS) is 19.0. The monoisotopic (exact) mass is 350 g/mol. The Morgan fingerprint density at radius 2 is 2.24 bits per heavy atom. The largest absolute Gasteiger partial charge is 0.314 e. The number of nitrogens with zero attached hydrogens (tertiary/aromatic N) is 3. The van der Waals surface area contributed by atoms with Gasteiger partial charge in [-0.2, -0.15) is 0 Å². The van der Waals surface area contributed by atoms with Gasteiger partial charge < -0.3 is 5.32 Å². The molecule has 0 aromatic carbocycles. The maximum Gasteiger partial charge on any atom is 0.258 e. The Balaban J connectivity index is 1.94. The summed E-state index contributed by atoms with van der Waals surface area (Å²) in [5, 5.41) is 3.40. The lowest BCUT2D eigenvalue weighted by atomic mass is 10.00. The second-order valence-corrected chi connectivity index (χ2v) is 6.99. The van der Waals surface area contributed by atoms with E-state index >= 15 is 0 Å². The highest BCUT2D eigenvalue weighted by Crippen LogP contribution is 2.18. The Bertz CT molecular complexity index is 725. The molecule has 0 radical (unpaired) electrons. The van der Waals surface area contributed by atoms with E-state index in [1.165, 1.54) is 0 Å². The predicted molar refractivity (Wildman–Crippen MR) is 86.5 cm³/mol. The summed E-state index contributed by atoms with van der Waals surface area (Å²) in [4.78, 5) is 19.2. The van der Waals surface area contributed by atoms with Gasteiger partial charge in [0.15, 0.2) is 0 Å².